The lowest BCUT2D eigenvalue weighted by Gasteiger charge is -2.14. The van der Waals surface area contributed by atoms with Crippen LogP contribution in [-0.4, -0.2) is 36.9 Å². The lowest BCUT2D eigenvalue weighted by atomic mass is 10.2. The predicted molar refractivity (Wildman–Crippen MR) is 58.9 cm³/mol. The first kappa shape index (κ1) is 13.5. The van der Waals surface area contributed by atoms with Gasteiger partial charge in [0.25, 0.3) is 5.91 Å². The van der Waals surface area contributed by atoms with Crippen molar-refractivity contribution in [2.45, 2.75) is 20.8 Å². The lowest BCUT2D eigenvalue weighted by Crippen LogP contribution is -2.37. The molecule has 0 aliphatic heterocycles. The molecule has 15 heavy (non-hydrogen) atoms. The van der Waals surface area contributed by atoms with Crippen LogP contribution in [0.3, 0.4) is 0 Å². The van der Waals surface area contributed by atoms with Crippen molar-refractivity contribution in [2.75, 3.05) is 20.1 Å². The molecule has 0 heterocycles. The Bertz CT molecular complexity index is 287. The molecular weight excluding hydrogens is 192 g/mol. The van der Waals surface area contributed by atoms with Gasteiger partial charge in [0.1, 0.15) is 0 Å². The van der Waals surface area contributed by atoms with E-state index in [1.165, 1.54) is 4.90 Å². The van der Waals surface area contributed by atoms with E-state index in [2.05, 4.69) is 17.2 Å². The second-order valence-electron chi connectivity index (χ2n) is 3.55. The van der Waals surface area contributed by atoms with Gasteiger partial charge in [0.15, 0.2) is 0 Å². The zero-order valence-corrected chi connectivity index (χ0v) is 9.76. The quantitative estimate of drug-likeness (QED) is 0.676. The van der Waals surface area contributed by atoms with Crippen LogP contribution in [-0.2, 0) is 9.59 Å². The van der Waals surface area contributed by atoms with Crippen LogP contribution < -0.4 is 5.32 Å². The average molecular weight is 210 g/mol. The Balaban J connectivity index is 3.80. The molecule has 0 fully saturated rings. The van der Waals surface area contributed by atoms with Crippen molar-refractivity contribution in [1.82, 2.24) is 10.2 Å². The van der Waals surface area contributed by atoms with Gasteiger partial charge in [-0.25, -0.2) is 0 Å². The summed E-state index contributed by atoms with van der Waals surface area (Å²) < 4.78 is 0. The van der Waals surface area contributed by atoms with Gasteiger partial charge in [0, 0.05) is 26.1 Å². The molecule has 0 aromatic carbocycles. The molecule has 2 amide bonds. The molecule has 1 N–H and O–H groups in total. The van der Waals surface area contributed by atoms with Crippen LogP contribution in [0.5, 0.6) is 0 Å². The maximum absolute atomic E-state index is 11.2. The highest BCUT2D eigenvalue weighted by atomic mass is 16.2. The first-order valence-corrected chi connectivity index (χ1v) is 4.94. The van der Waals surface area contributed by atoms with Gasteiger partial charge in [0.05, 0.1) is 0 Å². The van der Waals surface area contributed by atoms with Gasteiger partial charge in [0.2, 0.25) is 5.91 Å². The maximum atomic E-state index is 11.2. The van der Waals surface area contributed by atoms with Crippen LogP contribution >= 0.6 is 0 Å². The zero-order chi connectivity index (χ0) is 11.8. The lowest BCUT2D eigenvalue weighted by molar-refractivity contribution is -0.126. The Hall–Kier alpha value is -1.50. The van der Waals surface area contributed by atoms with Gasteiger partial charge >= 0.3 is 0 Å². The summed E-state index contributed by atoms with van der Waals surface area (Å²) in [6.45, 7) is 6.21. The van der Waals surface area contributed by atoms with E-state index in [1.54, 1.807) is 14.0 Å². The fraction of sp³-hybridized carbons (Fsp3) is 0.636. The van der Waals surface area contributed by atoms with Crippen molar-refractivity contribution >= 4 is 11.8 Å². The van der Waals surface area contributed by atoms with Gasteiger partial charge in [-0.05, 0) is 12.8 Å². The molecule has 0 bridgehead atoms. The van der Waals surface area contributed by atoms with E-state index in [0.717, 1.165) is 0 Å². The highest BCUT2D eigenvalue weighted by Gasteiger charge is 2.07. The molecule has 0 aliphatic rings. The molecular formula is C11H18N2O2. The first-order valence-electron chi connectivity index (χ1n) is 4.94. The summed E-state index contributed by atoms with van der Waals surface area (Å²) in [5, 5.41) is 2.73. The molecule has 0 saturated heterocycles. The predicted octanol–water partition coefficient (Wildman–Crippen LogP) is 0.240. The van der Waals surface area contributed by atoms with Gasteiger partial charge in [-0.3, -0.25) is 9.59 Å². The number of hydrogen-bond acceptors (Lipinski definition) is 2. The Morgan fingerprint density at radius 3 is 2.47 bits per heavy atom. The van der Waals surface area contributed by atoms with Gasteiger partial charge < -0.3 is 10.2 Å². The van der Waals surface area contributed by atoms with Crippen molar-refractivity contribution in [3.8, 4) is 11.8 Å². The van der Waals surface area contributed by atoms with E-state index in [9.17, 15) is 9.59 Å². The Kier molecular flexibility index (Phi) is 6.19. The second kappa shape index (κ2) is 6.88. The van der Waals surface area contributed by atoms with Crippen molar-refractivity contribution in [2.24, 2.45) is 5.92 Å². The highest BCUT2D eigenvalue weighted by Crippen LogP contribution is 1.90. The number of hydrogen-bond donors (Lipinski definition) is 1. The van der Waals surface area contributed by atoms with Crippen molar-refractivity contribution in [3.05, 3.63) is 0 Å². The van der Waals surface area contributed by atoms with E-state index >= 15 is 0 Å². The molecule has 0 unspecified atom stereocenters. The largest absolute Gasteiger partial charge is 0.354 e. The standard InChI is InChI=1S/C11H18N2O2/c1-5-6-10(14)13(4)8-7-12-11(15)9(2)3/h9H,7-8H2,1-4H3,(H,12,15). The van der Waals surface area contributed by atoms with E-state index in [-0.39, 0.29) is 17.7 Å². The van der Waals surface area contributed by atoms with Crippen LogP contribution in [0.4, 0.5) is 0 Å². The molecule has 0 radical (unpaired) electrons. The summed E-state index contributed by atoms with van der Waals surface area (Å²) in [6.07, 6.45) is 0. The fourth-order valence-electron chi connectivity index (χ4n) is 0.855. The van der Waals surface area contributed by atoms with Crippen molar-refractivity contribution < 1.29 is 9.59 Å². The number of amides is 2. The Morgan fingerprint density at radius 1 is 1.40 bits per heavy atom. The van der Waals surface area contributed by atoms with Crippen LogP contribution in [0.2, 0.25) is 0 Å². The summed E-state index contributed by atoms with van der Waals surface area (Å²) >= 11 is 0. The Morgan fingerprint density at radius 2 is 2.00 bits per heavy atom. The molecule has 84 valence electrons. The number of rotatable bonds is 4. The monoisotopic (exact) mass is 210 g/mol. The normalized spacial score (nSPS) is 9.13. The summed E-state index contributed by atoms with van der Waals surface area (Å²) in [7, 11) is 1.66. The van der Waals surface area contributed by atoms with E-state index in [1.807, 2.05) is 13.8 Å². The van der Waals surface area contributed by atoms with Gasteiger partial charge in [-0.1, -0.05) is 19.8 Å². The molecule has 0 aromatic rings. The van der Waals surface area contributed by atoms with E-state index < -0.39 is 0 Å². The molecule has 0 spiro atoms. The minimum absolute atomic E-state index is 0.00238. The summed E-state index contributed by atoms with van der Waals surface area (Å²) in [6, 6.07) is 0. The van der Waals surface area contributed by atoms with Crippen molar-refractivity contribution in [3.63, 3.8) is 0 Å². The molecule has 4 heteroatoms. The maximum Gasteiger partial charge on any atom is 0.298 e. The second-order valence-corrected chi connectivity index (χ2v) is 3.55. The molecule has 4 nitrogen and oxygen atoms in total. The van der Waals surface area contributed by atoms with Crippen LogP contribution in [0.15, 0.2) is 0 Å². The first-order chi connectivity index (χ1) is 6.99. The third-order valence-corrected chi connectivity index (χ3v) is 1.85. The minimum Gasteiger partial charge on any atom is -0.354 e. The van der Waals surface area contributed by atoms with Crippen LogP contribution in [0.1, 0.15) is 20.8 Å². The van der Waals surface area contributed by atoms with Gasteiger partial charge in [-0.2, -0.15) is 0 Å². The number of nitrogens with zero attached hydrogens (tertiary/aromatic N) is 1. The van der Waals surface area contributed by atoms with E-state index in [4.69, 9.17) is 0 Å². The molecule has 0 aliphatic carbocycles. The SMILES string of the molecule is CC#CC(=O)N(C)CCNC(=O)C(C)C. The molecule has 0 saturated carbocycles. The third-order valence-electron chi connectivity index (χ3n) is 1.85. The molecule has 0 atom stereocenters. The highest BCUT2D eigenvalue weighted by molar-refractivity contribution is 5.93. The summed E-state index contributed by atoms with van der Waals surface area (Å²) in [5.74, 6) is 4.71. The van der Waals surface area contributed by atoms with Gasteiger partial charge in [-0.15, -0.1) is 0 Å². The average Bonchev–Trinajstić information content (AvgIpc) is 2.17. The molecule has 0 aromatic heterocycles. The topological polar surface area (TPSA) is 49.4 Å². The fourth-order valence-corrected chi connectivity index (χ4v) is 0.855. The van der Waals surface area contributed by atoms with E-state index in [0.29, 0.717) is 13.1 Å². The molecule has 0 rings (SSSR count). The zero-order valence-electron chi connectivity index (χ0n) is 9.76. The number of nitrogens with one attached hydrogen (secondary N) is 1. The number of likely N-dealkylation sites (N-methyl/N-ethyl adjacent to an activating group) is 1. The minimum atomic E-state index is -0.226. The van der Waals surface area contributed by atoms with Crippen LogP contribution in [0.25, 0.3) is 0 Å². The van der Waals surface area contributed by atoms with Crippen LogP contribution in [0, 0.1) is 17.8 Å². The smallest absolute Gasteiger partial charge is 0.298 e. The summed E-state index contributed by atoms with van der Waals surface area (Å²) in [4.78, 5) is 23.9. The number of carbonyl (C=O) groups is 2. The summed E-state index contributed by atoms with van der Waals surface area (Å²) in [5.41, 5.74) is 0. The third kappa shape index (κ3) is 5.74. The number of carbonyl (C=O) groups excluding carboxylic acids is 2. The van der Waals surface area contributed by atoms with Crippen molar-refractivity contribution in [1.29, 1.82) is 0 Å². The Labute approximate surface area is 91.0 Å².